The molecule has 2 amide bonds. The van der Waals surface area contributed by atoms with Crippen molar-refractivity contribution in [2.24, 2.45) is 4.99 Å². The molecule has 0 bridgehead atoms. The number of carbonyl (C=O) groups excluding carboxylic acids is 1. The predicted molar refractivity (Wildman–Crippen MR) is 77.9 cm³/mol. The summed E-state index contributed by atoms with van der Waals surface area (Å²) >= 11 is 1.37. The molecular weight excluding hydrogens is 291 g/mol. The summed E-state index contributed by atoms with van der Waals surface area (Å²) in [6.45, 7) is 3.20. The predicted octanol–water partition coefficient (Wildman–Crippen LogP) is 2.50. The average molecular weight is 306 g/mol. The maximum atomic E-state index is 13.3. The summed E-state index contributed by atoms with van der Waals surface area (Å²) in [5, 5.41) is 1.84. The molecule has 0 N–H and O–H groups in total. The highest BCUT2D eigenvalue weighted by molar-refractivity contribution is 7.07. The number of amides is 2. The summed E-state index contributed by atoms with van der Waals surface area (Å²) in [5.41, 5.74) is 1.16. The molecule has 21 heavy (non-hydrogen) atoms. The fourth-order valence-corrected chi connectivity index (χ4v) is 3.00. The number of hydrogen-bond donors (Lipinski definition) is 0. The van der Waals surface area contributed by atoms with Crippen molar-refractivity contribution < 1.29 is 9.18 Å². The van der Waals surface area contributed by atoms with Crippen molar-refractivity contribution in [3.05, 3.63) is 40.2 Å². The Morgan fingerprint density at radius 1 is 1.43 bits per heavy atom. The van der Waals surface area contributed by atoms with Crippen LogP contribution in [-0.4, -0.2) is 33.6 Å². The molecule has 0 spiro atoms. The number of pyridine rings is 1. The molecule has 2 aromatic rings. The molecular formula is C14H15FN4OS. The Morgan fingerprint density at radius 2 is 2.19 bits per heavy atom. The molecule has 0 radical (unpaired) electrons. The van der Waals surface area contributed by atoms with Crippen LogP contribution in [0.2, 0.25) is 0 Å². The first-order chi connectivity index (χ1) is 10.1. The van der Waals surface area contributed by atoms with E-state index in [-0.39, 0.29) is 6.03 Å². The number of nitrogens with zero attached hydrogens (tertiary/aromatic N) is 4. The van der Waals surface area contributed by atoms with Crippen molar-refractivity contribution in [1.29, 1.82) is 0 Å². The van der Waals surface area contributed by atoms with E-state index in [0.717, 1.165) is 25.9 Å². The van der Waals surface area contributed by atoms with Gasteiger partial charge in [0.25, 0.3) is 0 Å². The Labute approximate surface area is 125 Å². The van der Waals surface area contributed by atoms with Crippen LogP contribution in [0.3, 0.4) is 0 Å². The summed E-state index contributed by atoms with van der Waals surface area (Å²) in [6.07, 6.45) is 5.31. The molecule has 110 valence electrons. The molecule has 0 aliphatic carbocycles. The quantitative estimate of drug-likeness (QED) is 0.760. The smallest absolute Gasteiger partial charge is 0.323 e. The largest absolute Gasteiger partial charge is 0.346 e. The second-order valence-corrected chi connectivity index (χ2v) is 5.82. The molecule has 1 aliphatic heterocycles. The van der Waals surface area contributed by atoms with Crippen molar-refractivity contribution in [3.63, 3.8) is 0 Å². The molecule has 0 aromatic carbocycles. The van der Waals surface area contributed by atoms with Crippen LogP contribution < -0.4 is 4.80 Å². The summed E-state index contributed by atoms with van der Waals surface area (Å²) in [6, 6.07) is 1.48. The normalized spacial score (nSPS) is 15.7. The minimum atomic E-state index is -0.485. The molecule has 1 saturated heterocycles. The van der Waals surface area contributed by atoms with Gasteiger partial charge in [0, 0.05) is 30.2 Å². The minimum Gasteiger partial charge on any atom is -0.323 e. The van der Waals surface area contributed by atoms with Crippen LogP contribution in [0.5, 0.6) is 0 Å². The third-order valence-electron chi connectivity index (χ3n) is 3.44. The minimum absolute atomic E-state index is 0.213. The van der Waals surface area contributed by atoms with Gasteiger partial charge in [-0.2, -0.15) is 9.38 Å². The SMILES string of the molecule is Cc1cc(-n2ccs/c2=N\C(=O)N2CCCC2)cnc1F. The number of likely N-dealkylation sites (tertiary alicyclic amines) is 1. The molecule has 7 heteroatoms. The third kappa shape index (κ3) is 2.87. The fraction of sp³-hybridized carbons (Fsp3) is 0.357. The average Bonchev–Trinajstić information content (AvgIpc) is 3.13. The zero-order chi connectivity index (χ0) is 14.8. The lowest BCUT2D eigenvalue weighted by atomic mass is 10.3. The Hall–Kier alpha value is -2.02. The maximum absolute atomic E-state index is 13.3. The molecule has 1 aliphatic rings. The van der Waals surface area contributed by atoms with Crippen LogP contribution in [0, 0.1) is 12.9 Å². The van der Waals surface area contributed by atoms with Crippen molar-refractivity contribution >= 4 is 17.4 Å². The zero-order valence-corrected chi connectivity index (χ0v) is 12.4. The van der Waals surface area contributed by atoms with Crippen LogP contribution in [0.1, 0.15) is 18.4 Å². The van der Waals surface area contributed by atoms with Crippen molar-refractivity contribution in [3.8, 4) is 5.69 Å². The molecule has 0 saturated carbocycles. The fourth-order valence-electron chi connectivity index (χ4n) is 2.29. The zero-order valence-electron chi connectivity index (χ0n) is 11.6. The molecule has 2 aromatic heterocycles. The topological polar surface area (TPSA) is 50.5 Å². The molecule has 5 nitrogen and oxygen atoms in total. The Balaban J connectivity index is 1.96. The van der Waals surface area contributed by atoms with Gasteiger partial charge in [0.2, 0.25) is 5.95 Å². The second-order valence-electron chi connectivity index (χ2n) is 4.95. The number of aromatic nitrogens is 2. The summed E-state index contributed by atoms with van der Waals surface area (Å²) in [4.78, 5) is 22.3. The Kier molecular flexibility index (Phi) is 3.83. The van der Waals surface area contributed by atoms with Crippen molar-refractivity contribution in [1.82, 2.24) is 14.5 Å². The van der Waals surface area contributed by atoms with Gasteiger partial charge in [-0.25, -0.2) is 9.78 Å². The Bertz CT molecular complexity index is 731. The molecule has 3 rings (SSSR count). The van der Waals surface area contributed by atoms with Crippen molar-refractivity contribution in [2.75, 3.05) is 13.1 Å². The van der Waals surface area contributed by atoms with Crippen LogP contribution in [0.25, 0.3) is 5.69 Å². The number of halogens is 1. The molecule has 1 fully saturated rings. The van der Waals surface area contributed by atoms with Gasteiger partial charge in [0.15, 0.2) is 4.80 Å². The molecule has 0 atom stereocenters. The van der Waals surface area contributed by atoms with Gasteiger partial charge in [-0.1, -0.05) is 0 Å². The Morgan fingerprint density at radius 3 is 2.90 bits per heavy atom. The summed E-state index contributed by atoms with van der Waals surface area (Å²) in [7, 11) is 0. The van der Waals surface area contributed by atoms with Crippen LogP contribution >= 0.6 is 11.3 Å². The van der Waals surface area contributed by atoms with Gasteiger partial charge in [-0.05, 0) is 25.8 Å². The summed E-state index contributed by atoms with van der Waals surface area (Å²) < 4.78 is 15.0. The van der Waals surface area contributed by atoms with Crippen molar-refractivity contribution in [2.45, 2.75) is 19.8 Å². The van der Waals surface area contributed by atoms with Crippen LogP contribution in [-0.2, 0) is 0 Å². The highest BCUT2D eigenvalue weighted by atomic mass is 32.1. The van der Waals surface area contributed by atoms with E-state index in [2.05, 4.69) is 9.98 Å². The number of carbonyl (C=O) groups is 1. The van der Waals surface area contributed by atoms with E-state index >= 15 is 0 Å². The first kappa shape index (κ1) is 13.9. The van der Waals surface area contributed by atoms with Gasteiger partial charge in [0.1, 0.15) is 0 Å². The number of hydrogen-bond acceptors (Lipinski definition) is 3. The van der Waals surface area contributed by atoms with Gasteiger partial charge >= 0.3 is 6.03 Å². The second kappa shape index (κ2) is 5.77. The van der Waals surface area contributed by atoms with Crippen LogP contribution in [0.4, 0.5) is 9.18 Å². The first-order valence-electron chi connectivity index (χ1n) is 6.77. The van der Waals surface area contributed by atoms with Gasteiger partial charge in [-0.3, -0.25) is 4.57 Å². The number of rotatable bonds is 1. The third-order valence-corrected chi connectivity index (χ3v) is 4.19. The van der Waals surface area contributed by atoms with E-state index in [4.69, 9.17) is 0 Å². The van der Waals surface area contributed by atoms with Gasteiger partial charge < -0.3 is 4.90 Å². The van der Waals surface area contributed by atoms with Gasteiger partial charge in [0.05, 0.1) is 11.9 Å². The first-order valence-corrected chi connectivity index (χ1v) is 7.65. The lowest BCUT2D eigenvalue weighted by Crippen LogP contribution is -2.27. The number of urea groups is 1. The lowest BCUT2D eigenvalue weighted by Gasteiger charge is -2.10. The number of aryl methyl sites for hydroxylation is 1. The van der Waals surface area contributed by atoms with E-state index in [9.17, 15) is 9.18 Å². The van der Waals surface area contributed by atoms with E-state index in [1.165, 1.54) is 17.5 Å². The summed E-state index contributed by atoms with van der Waals surface area (Å²) in [5.74, 6) is -0.485. The highest BCUT2D eigenvalue weighted by Crippen LogP contribution is 2.11. The standard InChI is InChI=1S/C14H15FN4OS/c1-10-8-11(9-16-12(10)15)19-6-7-21-14(19)17-13(20)18-4-2-3-5-18/h6-9H,2-5H2,1H3/b17-14-. The van der Waals surface area contributed by atoms with Crippen LogP contribution in [0.15, 0.2) is 28.8 Å². The maximum Gasteiger partial charge on any atom is 0.346 e. The number of thiazole rings is 1. The van der Waals surface area contributed by atoms with E-state index < -0.39 is 5.95 Å². The van der Waals surface area contributed by atoms with E-state index in [1.807, 2.05) is 5.38 Å². The molecule has 0 unspecified atom stereocenters. The molecule has 3 heterocycles. The monoisotopic (exact) mass is 306 g/mol. The lowest BCUT2D eigenvalue weighted by molar-refractivity contribution is 0.218. The van der Waals surface area contributed by atoms with E-state index in [0.29, 0.717) is 16.1 Å². The van der Waals surface area contributed by atoms with E-state index in [1.54, 1.807) is 28.7 Å². The van der Waals surface area contributed by atoms with Gasteiger partial charge in [-0.15, -0.1) is 11.3 Å². The highest BCUT2D eigenvalue weighted by Gasteiger charge is 2.17.